The molecule has 3 nitrogen and oxygen atoms in total. The first kappa shape index (κ1) is 7.05. The van der Waals surface area contributed by atoms with Crippen LogP contribution in [0.4, 0.5) is 0 Å². The van der Waals surface area contributed by atoms with Gasteiger partial charge in [0, 0.05) is 0 Å². The Bertz CT molecular complexity index is 176. The maximum absolute atomic E-state index is 5.03. The van der Waals surface area contributed by atoms with E-state index >= 15 is 0 Å². The van der Waals surface area contributed by atoms with Crippen LogP contribution in [0.15, 0.2) is 30.3 Å². The predicted octanol–water partition coefficient (Wildman–Crippen LogP) is 0.913. The first-order valence-electron chi connectivity index (χ1n) is 2.98. The Hall–Kier alpha value is -1.06. The van der Waals surface area contributed by atoms with E-state index in [4.69, 9.17) is 10.6 Å². The quantitative estimate of drug-likeness (QED) is 0.384. The second-order valence-electron chi connectivity index (χ2n) is 1.68. The summed E-state index contributed by atoms with van der Waals surface area (Å²) in [6, 6.07) is 9.19. The SMILES string of the molecule is NCOOc1ccccc1. The topological polar surface area (TPSA) is 44.5 Å². The standard InChI is InChI=1S/C7H9NO2/c8-6-9-10-7-4-2-1-3-5-7/h1-5H,6,8H2. The summed E-state index contributed by atoms with van der Waals surface area (Å²) < 4.78 is 0. The number of benzene rings is 1. The largest absolute Gasteiger partial charge is 0.336 e. The molecule has 0 amide bonds. The minimum atomic E-state index is 0.0644. The van der Waals surface area contributed by atoms with Gasteiger partial charge in [-0.05, 0) is 12.1 Å². The lowest BCUT2D eigenvalue weighted by atomic mass is 10.3. The Balaban J connectivity index is 2.43. The molecule has 10 heavy (non-hydrogen) atoms. The van der Waals surface area contributed by atoms with Gasteiger partial charge in [0.2, 0.25) is 0 Å². The maximum atomic E-state index is 5.03. The molecule has 0 aliphatic heterocycles. The molecule has 0 aliphatic rings. The van der Waals surface area contributed by atoms with Crippen molar-refractivity contribution in [2.24, 2.45) is 5.73 Å². The van der Waals surface area contributed by atoms with E-state index in [2.05, 4.69) is 4.89 Å². The number of hydrogen-bond donors (Lipinski definition) is 1. The Morgan fingerprint density at radius 2 is 1.90 bits per heavy atom. The van der Waals surface area contributed by atoms with Crippen molar-refractivity contribution in [1.82, 2.24) is 0 Å². The highest BCUT2D eigenvalue weighted by Gasteiger charge is 1.87. The van der Waals surface area contributed by atoms with E-state index < -0.39 is 0 Å². The molecule has 0 aliphatic carbocycles. The third kappa shape index (κ3) is 2.05. The summed E-state index contributed by atoms with van der Waals surface area (Å²) in [5.74, 6) is 0.660. The van der Waals surface area contributed by atoms with Gasteiger partial charge in [0.15, 0.2) is 5.75 Å². The third-order valence-corrected chi connectivity index (χ3v) is 0.966. The highest BCUT2D eigenvalue weighted by molar-refractivity contribution is 5.20. The molecular weight excluding hydrogens is 130 g/mol. The van der Waals surface area contributed by atoms with Crippen molar-refractivity contribution in [3.8, 4) is 5.75 Å². The normalized spacial score (nSPS) is 9.30. The molecule has 0 heterocycles. The van der Waals surface area contributed by atoms with Gasteiger partial charge in [-0.3, -0.25) is 0 Å². The van der Waals surface area contributed by atoms with Crippen molar-refractivity contribution in [2.75, 3.05) is 6.73 Å². The maximum Gasteiger partial charge on any atom is 0.165 e. The van der Waals surface area contributed by atoms with E-state index in [0.717, 1.165) is 0 Å². The van der Waals surface area contributed by atoms with Crippen molar-refractivity contribution in [1.29, 1.82) is 0 Å². The highest BCUT2D eigenvalue weighted by atomic mass is 17.2. The fraction of sp³-hybridized carbons (Fsp3) is 0.143. The van der Waals surface area contributed by atoms with Crippen molar-refractivity contribution in [3.05, 3.63) is 30.3 Å². The Labute approximate surface area is 59.3 Å². The first-order chi connectivity index (χ1) is 4.93. The second kappa shape index (κ2) is 3.87. The molecule has 0 atom stereocenters. The number of hydrogen-bond acceptors (Lipinski definition) is 3. The van der Waals surface area contributed by atoms with Crippen LogP contribution >= 0.6 is 0 Å². The van der Waals surface area contributed by atoms with Gasteiger partial charge in [-0.2, -0.15) is 4.89 Å². The van der Waals surface area contributed by atoms with E-state index in [9.17, 15) is 0 Å². The summed E-state index contributed by atoms with van der Waals surface area (Å²) in [5, 5.41) is 0. The van der Waals surface area contributed by atoms with Crippen LogP contribution in [-0.4, -0.2) is 6.73 Å². The van der Waals surface area contributed by atoms with Crippen molar-refractivity contribution in [3.63, 3.8) is 0 Å². The van der Waals surface area contributed by atoms with E-state index in [-0.39, 0.29) is 6.73 Å². The molecule has 3 heteroatoms. The van der Waals surface area contributed by atoms with E-state index in [1.807, 2.05) is 18.2 Å². The predicted molar refractivity (Wildman–Crippen MR) is 37.2 cm³/mol. The molecule has 0 saturated carbocycles. The van der Waals surface area contributed by atoms with Crippen molar-refractivity contribution in [2.45, 2.75) is 0 Å². The molecule has 54 valence electrons. The molecule has 0 aromatic heterocycles. The Morgan fingerprint density at radius 1 is 1.20 bits per heavy atom. The Kier molecular flexibility index (Phi) is 2.73. The third-order valence-electron chi connectivity index (χ3n) is 0.966. The smallest absolute Gasteiger partial charge is 0.165 e. The van der Waals surface area contributed by atoms with Crippen LogP contribution in [0.25, 0.3) is 0 Å². The lowest BCUT2D eigenvalue weighted by Gasteiger charge is -1.99. The molecule has 0 spiro atoms. The summed E-state index contributed by atoms with van der Waals surface area (Å²) in [4.78, 5) is 9.23. The second-order valence-corrected chi connectivity index (χ2v) is 1.68. The van der Waals surface area contributed by atoms with Crippen LogP contribution in [0.3, 0.4) is 0 Å². The van der Waals surface area contributed by atoms with Gasteiger partial charge in [0.05, 0.1) is 0 Å². The fourth-order valence-electron chi connectivity index (χ4n) is 0.578. The summed E-state index contributed by atoms with van der Waals surface area (Å²) >= 11 is 0. The average molecular weight is 139 g/mol. The zero-order chi connectivity index (χ0) is 7.23. The van der Waals surface area contributed by atoms with Crippen LogP contribution in [0.1, 0.15) is 0 Å². The summed E-state index contributed by atoms with van der Waals surface area (Å²) in [6.07, 6.45) is 0. The monoisotopic (exact) mass is 139 g/mol. The fourth-order valence-corrected chi connectivity index (χ4v) is 0.578. The number of nitrogens with two attached hydrogens (primary N) is 1. The zero-order valence-electron chi connectivity index (χ0n) is 5.49. The molecular formula is C7H9NO2. The number of rotatable bonds is 3. The number of para-hydroxylation sites is 1. The Morgan fingerprint density at radius 3 is 2.50 bits per heavy atom. The lowest BCUT2D eigenvalue weighted by molar-refractivity contribution is -0.204. The molecule has 1 aromatic carbocycles. The van der Waals surface area contributed by atoms with Crippen LogP contribution < -0.4 is 10.6 Å². The van der Waals surface area contributed by atoms with Gasteiger partial charge in [-0.15, -0.1) is 0 Å². The van der Waals surface area contributed by atoms with Gasteiger partial charge < -0.3 is 10.6 Å². The minimum Gasteiger partial charge on any atom is -0.336 e. The van der Waals surface area contributed by atoms with E-state index in [0.29, 0.717) is 5.75 Å². The molecule has 1 aromatic rings. The average Bonchev–Trinajstić information content (AvgIpc) is 2.03. The zero-order valence-corrected chi connectivity index (χ0v) is 5.49. The molecule has 0 radical (unpaired) electrons. The van der Waals surface area contributed by atoms with Crippen LogP contribution in [0.2, 0.25) is 0 Å². The molecule has 2 N–H and O–H groups in total. The van der Waals surface area contributed by atoms with Crippen LogP contribution in [-0.2, 0) is 4.89 Å². The van der Waals surface area contributed by atoms with Gasteiger partial charge in [0.1, 0.15) is 6.73 Å². The van der Waals surface area contributed by atoms with Gasteiger partial charge in [0.25, 0.3) is 0 Å². The molecule has 0 fully saturated rings. The molecule has 0 bridgehead atoms. The van der Waals surface area contributed by atoms with Crippen LogP contribution in [0, 0.1) is 0 Å². The van der Waals surface area contributed by atoms with E-state index in [1.165, 1.54) is 0 Å². The van der Waals surface area contributed by atoms with Crippen molar-refractivity contribution < 1.29 is 9.78 Å². The van der Waals surface area contributed by atoms with E-state index in [1.54, 1.807) is 12.1 Å². The van der Waals surface area contributed by atoms with Gasteiger partial charge in [-0.25, -0.2) is 0 Å². The summed E-state index contributed by atoms with van der Waals surface area (Å²) in [6.45, 7) is 0.0644. The van der Waals surface area contributed by atoms with Crippen LogP contribution in [0.5, 0.6) is 5.75 Å². The van der Waals surface area contributed by atoms with Gasteiger partial charge >= 0.3 is 0 Å². The molecule has 0 saturated heterocycles. The van der Waals surface area contributed by atoms with Crippen molar-refractivity contribution >= 4 is 0 Å². The molecule has 0 unspecified atom stereocenters. The first-order valence-corrected chi connectivity index (χ1v) is 2.98. The highest BCUT2D eigenvalue weighted by Crippen LogP contribution is 2.07. The summed E-state index contributed by atoms with van der Waals surface area (Å²) in [5.41, 5.74) is 5.03. The summed E-state index contributed by atoms with van der Waals surface area (Å²) in [7, 11) is 0. The minimum absolute atomic E-state index is 0.0644. The van der Waals surface area contributed by atoms with Gasteiger partial charge in [-0.1, -0.05) is 18.2 Å². The lowest BCUT2D eigenvalue weighted by Crippen LogP contribution is -2.07. The molecule has 1 rings (SSSR count).